The second kappa shape index (κ2) is 5.02. The van der Waals surface area contributed by atoms with Gasteiger partial charge in [0.15, 0.2) is 0 Å². The van der Waals surface area contributed by atoms with Crippen LogP contribution in [0.4, 0.5) is 0 Å². The average molecular weight is 222 g/mol. The Bertz CT molecular complexity index is 308. The molecule has 2 atom stereocenters. The number of nitrogens with zero attached hydrogens (tertiary/aromatic N) is 1. The van der Waals surface area contributed by atoms with Gasteiger partial charge in [-0.3, -0.25) is 4.90 Å². The standard InChI is InChI=1S/C13H22N2O/c1-10(2)15-7-6-12(9-15)14-11(3)13-5-4-8-16-13/h4-5,8,10-12,14H,6-7,9H2,1-3H3/t11-,12?/m0/s1. The highest BCUT2D eigenvalue weighted by Gasteiger charge is 2.25. The van der Waals surface area contributed by atoms with Crippen molar-refractivity contribution in [2.24, 2.45) is 0 Å². The van der Waals surface area contributed by atoms with Crippen molar-refractivity contribution in [3.8, 4) is 0 Å². The second-order valence-electron chi connectivity index (χ2n) is 4.98. The van der Waals surface area contributed by atoms with E-state index < -0.39 is 0 Å². The first-order valence-electron chi connectivity index (χ1n) is 6.20. The summed E-state index contributed by atoms with van der Waals surface area (Å²) in [5, 5.41) is 3.63. The Hall–Kier alpha value is -0.800. The summed E-state index contributed by atoms with van der Waals surface area (Å²) in [6, 6.07) is 5.55. The lowest BCUT2D eigenvalue weighted by Gasteiger charge is -2.22. The summed E-state index contributed by atoms with van der Waals surface area (Å²) in [6.45, 7) is 9.05. The first-order valence-corrected chi connectivity index (χ1v) is 6.20. The summed E-state index contributed by atoms with van der Waals surface area (Å²) in [4.78, 5) is 2.52. The molecular weight excluding hydrogens is 200 g/mol. The topological polar surface area (TPSA) is 28.4 Å². The van der Waals surface area contributed by atoms with E-state index in [9.17, 15) is 0 Å². The number of rotatable bonds is 4. The van der Waals surface area contributed by atoms with Gasteiger partial charge in [0.1, 0.15) is 5.76 Å². The fraction of sp³-hybridized carbons (Fsp3) is 0.692. The lowest BCUT2D eigenvalue weighted by molar-refractivity contribution is 0.264. The van der Waals surface area contributed by atoms with Crippen molar-refractivity contribution in [1.82, 2.24) is 10.2 Å². The maximum Gasteiger partial charge on any atom is 0.120 e. The van der Waals surface area contributed by atoms with E-state index >= 15 is 0 Å². The lowest BCUT2D eigenvalue weighted by atomic mass is 10.2. The van der Waals surface area contributed by atoms with E-state index in [1.54, 1.807) is 6.26 Å². The quantitative estimate of drug-likeness (QED) is 0.848. The first kappa shape index (κ1) is 11.7. The molecule has 3 nitrogen and oxygen atoms in total. The zero-order valence-corrected chi connectivity index (χ0v) is 10.4. The van der Waals surface area contributed by atoms with E-state index in [1.807, 2.05) is 12.1 Å². The van der Waals surface area contributed by atoms with Gasteiger partial charge in [-0.2, -0.15) is 0 Å². The molecule has 2 rings (SSSR count). The highest BCUT2D eigenvalue weighted by molar-refractivity contribution is 5.04. The van der Waals surface area contributed by atoms with Crippen molar-refractivity contribution in [3.05, 3.63) is 24.2 Å². The van der Waals surface area contributed by atoms with Crippen LogP contribution in [0.3, 0.4) is 0 Å². The van der Waals surface area contributed by atoms with Crippen LogP contribution in [0.1, 0.15) is 39.0 Å². The molecule has 1 unspecified atom stereocenters. The molecular formula is C13H22N2O. The largest absolute Gasteiger partial charge is 0.468 e. The Morgan fingerprint density at radius 1 is 1.44 bits per heavy atom. The van der Waals surface area contributed by atoms with Crippen LogP contribution in [0.15, 0.2) is 22.8 Å². The zero-order valence-electron chi connectivity index (χ0n) is 10.4. The molecule has 0 amide bonds. The monoisotopic (exact) mass is 222 g/mol. The van der Waals surface area contributed by atoms with Gasteiger partial charge >= 0.3 is 0 Å². The van der Waals surface area contributed by atoms with Crippen LogP contribution in [0.25, 0.3) is 0 Å². The molecule has 16 heavy (non-hydrogen) atoms. The van der Waals surface area contributed by atoms with Gasteiger partial charge in [-0.1, -0.05) is 0 Å². The summed E-state index contributed by atoms with van der Waals surface area (Å²) in [5.74, 6) is 1.03. The van der Waals surface area contributed by atoms with E-state index in [0.29, 0.717) is 18.1 Å². The third kappa shape index (κ3) is 2.66. The van der Waals surface area contributed by atoms with Crippen LogP contribution in [0.5, 0.6) is 0 Å². The maximum atomic E-state index is 5.40. The molecule has 0 saturated carbocycles. The van der Waals surface area contributed by atoms with Crippen molar-refractivity contribution in [2.75, 3.05) is 13.1 Å². The number of nitrogens with one attached hydrogen (secondary N) is 1. The number of furan rings is 1. The second-order valence-corrected chi connectivity index (χ2v) is 4.98. The fourth-order valence-electron chi connectivity index (χ4n) is 2.37. The highest BCUT2D eigenvalue weighted by atomic mass is 16.3. The van der Waals surface area contributed by atoms with Gasteiger partial charge in [-0.25, -0.2) is 0 Å². The summed E-state index contributed by atoms with van der Waals surface area (Å²) >= 11 is 0. The number of hydrogen-bond donors (Lipinski definition) is 1. The molecule has 3 heteroatoms. The molecule has 2 heterocycles. The van der Waals surface area contributed by atoms with E-state index in [2.05, 4.69) is 31.0 Å². The smallest absolute Gasteiger partial charge is 0.120 e. The van der Waals surface area contributed by atoms with Crippen LogP contribution < -0.4 is 5.32 Å². The van der Waals surface area contributed by atoms with Gasteiger partial charge in [0.2, 0.25) is 0 Å². The van der Waals surface area contributed by atoms with Gasteiger partial charge in [-0.05, 0) is 45.9 Å². The predicted octanol–water partition coefficient (Wildman–Crippen LogP) is 2.41. The normalized spacial score (nSPS) is 24.1. The van der Waals surface area contributed by atoms with Crippen molar-refractivity contribution < 1.29 is 4.42 Å². The average Bonchev–Trinajstić information content (AvgIpc) is 2.87. The minimum Gasteiger partial charge on any atom is -0.468 e. The van der Waals surface area contributed by atoms with Gasteiger partial charge < -0.3 is 9.73 Å². The molecule has 1 saturated heterocycles. The number of hydrogen-bond acceptors (Lipinski definition) is 3. The Labute approximate surface area is 97.8 Å². The van der Waals surface area contributed by atoms with Crippen LogP contribution in [-0.2, 0) is 0 Å². The zero-order chi connectivity index (χ0) is 11.5. The fourth-order valence-corrected chi connectivity index (χ4v) is 2.37. The van der Waals surface area contributed by atoms with E-state index in [4.69, 9.17) is 4.42 Å². The summed E-state index contributed by atoms with van der Waals surface area (Å²) in [7, 11) is 0. The van der Waals surface area contributed by atoms with Gasteiger partial charge in [-0.15, -0.1) is 0 Å². The molecule has 1 aromatic heterocycles. The van der Waals surface area contributed by atoms with E-state index in [-0.39, 0.29) is 0 Å². The third-order valence-corrected chi connectivity index (χ3v) is 3.41. The van der Waals surface area contributed by atoms with Crippen LogP contribution >= 0.6 is 0 Å². The minimum absolute atomic E-state index is 0.312. The van der Waals surface area contributed by atoms with Crippen LogP contribution in [0, 0.1) is 0 Å². The van der Waals surface area contributed by atoms with Gasteiger partial charge in [0, 0.05) is 18.6 Å². The Balaban J connectivity index is 1.83. The van der Waals surface area contributed by atoms with E-state index in [0.717, 1.165) is 12.3 Å². The molecule has 1 N–H and O–H groups in total. The third-order valence-electron chi connectivity index (χ3n) is 3.41. The molecule has 1 aromatic rings. The molecule has 1 aliphatic rings. The Kier molecular flexibility index (Phi) is 3.66. The van der Waals surface area contributed by atoms with Crippen LogP contribution in [0.2, 0.25) is 0 Å². The molecule has 90 valence electrons. The summed E-state index contributed by atoms with van der Waals surface area (Å²) < 4.78 is 5.40. The summed E-state index contributed by atoms with van der Waals surface area (Å²) in [5.41, 5.74) is 0. The van der Waals surface area contributed by atoms with Gasteiger partial charge in [0.25, 0.3) is 0 Å². The Morgan fingerprint density at radius 2 is 2.25 bits per heavy atom. The Morgan fingerprint density at radius 3 is 2.81 bits per heavy atom. The first-order chi connectivity index (χ1) is 7.66. The lowest BCUT2D eigenvalue weighted by Crippen LogP contribution is -2.36. The number of likely N-dealkylation sites (tertiary alicyclic amines) is 1. The molecule has 1 fully saturated rings. The molecule has 0 aliphatic carbocycles. The molecule has 0 aromatic carbocycles. The van der Waals surface area contributed by atoms with Crippen molar-refractivity contribution >= 4 is 0 Å². The summed E-state index contributed by atoms with van der Waals surface area (Å²) in [6.07, 6.45) is 2.98. The minimum atomic E-state index is 0.312. The van der Waals surface area contributed by atoms with Crippen molar-refractivity contribution in [2.45, 2.75) is 45.3 Å². The molecule has 0 spiro atoms. The predicted molar refractivity (Wildman–Crippen MR) is 65.4 cm³/mol. The maximum absolute atomic E-state index is 5.40. The SMILES string of the molecule is CC(C)N1CCC(N[C@@H](C)c2ccco2)C1. The van der Waals surface area contributed by atoms with Crippen molar-refractivity contribution in [1.29, 1.82) is 0 Å². The van der Waals surface area contributed by atoms with E-state index in [1.165, 1.54) is 13.0 Å². The highest BCUT2D eigenvalue weighted by Crippen LogP contribution is 2.18. The molecule has 1 aliphatic heterocycles. The molecule has 0 bridgehead atoms. The van der Waals surface area contributed by atoms with Crippen LogP contribution in [-0.4, -0.2) is 30.1 Å². The van der Waals surface area contributed by atoms with Crippen molar-refractivity contribution in [3.63, 3.8) is 0 Å². The van der Waals surface area contributed by atoms with Gasteiger partial charge in [0.05, 0.1) is 12.3 Å². The molecule has 0 radical (unpaired) electrons.